The maximum Gasteiger partial charge on any atom is 0.264 e. The van der Waals surface area contributed by atoms with E-state index in [0.717, 1.165) is 4.31 Å². The van der Waals surface area contributed by atoms with E-state index in [9.17, 15) is 13.2 Å². The first kappa shape index (κ1) is 23.7. The van der Waals surface area contributed by atoms with Crippen molar-refractivity contribution in [3.63, 3.8) is 0 Å². The SMILES string of the molecule is COc1ccc(S(=O)(=O)N(C)c2ccc(C(=O)Nc3ccc(Cl)c(Cl)c3)cc2)cc1OC. The van der Waals surface area contributed by atoms with Gasteiger partial charge in [0.1, 0.15) is 0 Å². The Hall–Kier alpha value is -2.94. The summed E-state index contributed by atoms with van der Waals surface area (Å²) in [4.78, 5) is 12.5. The van der Waals surface area contributed by atoms with Crippen LogP contribution in [0.4, 0.5) is 11.4 Å². The number of nitrogens with one attached hydrogen (secondary N) is 1. The molecule has 168 valence electrons. The number of rotatable bonds is 7. The van der Waals surface area contributed by atoms with Gasteiger partial charge in [-0.25, -0.2) is 8.42 Å². The number of ether oxygens (including phenoxy) is 2. The number of methoxy groups -OCH3 is 2. The maximum atomic E-state index is 13.0. The fourth-order valence-corrected chi connectivity index (χ4v) is 4.38. The molecule has 0 aliphatic rings. The molecule has 0 atom stereocenters. The molecule has 0 saturated carbocycles. The molecule has 0 bridgehead atoms. The van der Waals surface area contributed by atoms with Crippen molar-refractivity contribution >= 4 is 50.5 Å². The predicted molar refractivity (Wildman–Crippen MR) is 126 cm³/mol. The van der Waals surface area contributed by atoms with Gasteiger partial charge in [-0.3, -0.25) is 9.10 Å². The van der Waals surface area contributed by atoms with Crippen molar-refractivity contribution in [3.05, 3.63) is 76.3 Å². The van der Waals surface area contributed by atoms with Crippen LogP contribution < -0.4 is 19.1 Å². The lowest BCUT2D eigenvalue weighted by Gasteiger charge is -2.20. The van der Waals surface area contributed by atoms with Gasteiger partial charge in [0, 0.05) is 24.4 Å². The minimum absolute atomic E-state index is 0.0408. The average molecular weight is 495 g/mol. The lowest BCUT2D eigenvalue weighted by molar-refractivity contribution is 0.102. The molecule has 32 heavy (non-hydrogen) atoms. The van der Waals surface area contributed by atoms with Gasteiger partial charge in [-0.05, 0) is 54.6 Å². The normalized spacial score (nSPS) is 11.0. The molecule has 0 fully saturated rings. The molecule has 10 heteroatoms. The van der Waals surface area contributed by atoms with Crippen molar-refractivity contribution in [2.45, 2.75) is 4.90 Å². The molecule has 1 amide bonds. The van der Waals surface area contributed by atoms with Crippen molar-refractivity contribution in [1.29, 1.82) is 0 Å². The molecule has 3 rings (SSSR count). The van der Waals surface area contributed by atoms with Gasteiger partial charge in [0.25, 0.3) is 15.9 Å². The Morgan fingerprint density at radius 2 is 1.53 bits per heavy atom. The van der Waals surface area contributed by atoms with E-state index in [0.29, 0.717) is 38.5 Å². The van der Waals surface area contributed by atoms with Gasteiger partial charge in [0.15, 0.2) is 11.5 Å². The molecule has 0 spiro atoms. The molecule has 0 heterocycles. The van der Waals surface area contributed by atoms with Crippen LogP contribution in [0.2, 0.25) is 10.0 Å². The first-order valence-electron chi connectivity index (χ1n) is 9.25. The monoisotopic (exact) mass is 494 g/mol. The zero-order valence-corrected chi connectivity index (χ0v) is 19.8. The third-order valence-corrected chi connectivity index (χ3v) is 7.20. The number of sulfonamides is 1. The van der Waals surface area contributed by atoms with Crippen molar-refractivity contribution in [1.82, 2.24) is 0 Å². The molecule has 0 saturated heterocycles. The number of benzene rings is 3. The molecular weight excluding hydrogens is 475 g/mol. The minimum Gasteiger partial charge on any atom is -0.493 e. The minimum atomic E-state index is -3.87. The topological polar surface area (TPSA) is 84.9 Å². The summed E-state index contributed by atoms with van der Waals surface area (Å²) in [7, 11) is 0.457. The number of anilines is 2. The van der Waals surface area contributed by atoms with Gasteiger partial charge in [0.2, 0.25) is 0 Å². The quantitative estimate of drug-likeness (QED) is 0.494. The first-order valence-corrected chi connectivity index (χ1v) is 11.4. The summed E-state index contributed by atoms with van der Waals surface area (Å²) < 4.78 is 37.6. The fraction of sp³-hybridized carbons (Fsp3) is 0.136. The summed E-state index contributed by atoms with van der Waals surface area (Å²) in [5.74, 6) is 0.350. The van der Waals surface area contributed by atoms with Crippen LogP contribution in [-0.2, 0) is 10.0 Å². The van der Waals surface area contributed by atoms with Gasteiger partial charge in [-0.15, -0.1) is 0 Å². The molecule has 0 aliphatic carbocycles. The lowest BCUT2D eigenvalue weighted by atomic mass is 10.2. The fourth-order valence-electron chi connectivity index (χ4n) is 2.87. The van der Waals surface area contributed by atoms with E-state index < -0.39 is 10.0 Å². The van der Waals surface area contributed by atoms with Gasteiger partial charge in [-0.2, -0.15) is 0 Å². The van der Waals surface area contributed by atoms with E-state index >= 15 is 0 Å². The van der Waals surface area contributed by atoms with E-state index in [1.165, 1.54) is 51.6 Å². The highest BCUT2D eigenvalue weighted by atomic mass is 35.5. The Balaban J connectivity index is 1.80. The Morgan fingerprint density at radius 3 is 2.12 bits per heavy atom. The summed E-state index contributed by atoms with van der Waals surface area (Å²) in [5, 5.41) is 3.42. The van der Waals surface area contributed by atoms with Crippen LogP contribution in [0.25, 0.3) is 0 Å². The zero-order valence-electron chi connectivity index (χ0n) is 17.4. The molecule has 0 aromatic heterocycles. The largest absolute Gasteiger partial charge is 0.493 e. The van der Waals surface area contributed by atoms with Crippen LogP contribution >= 0.6 is 23.2 Å². The molecule has 0 unspecified atom stereocenters. The highest BCUT2D eigenvalue weighted by molar-refractivity contribution is 7.92. The average Bonchev–Trinajstić information content (AvgIpc) is 2.80. The van der Waals surface area contributed by atoms with E-state index in [2.05, 4.69) is 5.32 Å². The third-order valence-electron chi connectivity index (χ3n) is 4.68. The van der Waals surface area contributed by atoms with Crippen molar-refractivity contribution in [2.75, 3.05) is 30.9 Å². The number of amides is 1. The number of hydrogen-bond donors (Lipinski definition) is 1. The summed E-state index contributed by atoms with van der Waals surface area (Å²) in [6.07, 6.45) is 0. The number of halogens is 2. The van der Waals surface area contributed by atoms with Crippen LogP contribution in [0.3, 0.4) is 0 Å². The van der Waals surface area contributed by atoms with Crippen LogP contribution in [-0.4, -0.2) is 35.6 Å². The Kier molecular flexibility index (Phi) is 7.18. The molecule has 0 radical (unpaired) electrons. The van der Waals surface area contributed by atoms with Gasteiger partial charge in [-0.1, -0.05) is 23.2 Å². The molecule has 1 N–H and O–H groups in total. The molecule has 3 aromatic carbocycles. The Labute approximate surface area is 196 Å². The second-order valence-electron chi connectivity index (χ2n) is 6.62. The van der Waals surface area contributed by atoms with Crippen molar-refractivity contribution in [2.24, 2.45) is 0 Å². The van der Waals surface area contributed by atoms with E-state index in [1.807, 2.05) is 0 Å². The van der Waals surface area contributed by atoms with Crippen molar-refractivity contribution < 1.29 is 22.7 Å². The Bertz CT molecular complexity index is 1250. The standard InChI is InChI=1S/C22H20Cl2N2O5S/c1-26(32(28,29)17-9-11-20(30-2)21(13-17)31-3)16-7-4-14(5-8-16)22(27)25-15-6-10-18(23)19(24)12-15/h4-13H,1-3H3,(H,25,27). The van der Waals surface area contributed by atoms with E-state index in [4.69, 9.17) is 32.7 Å². The van der Waals surface area contributed by atoms with Gasteiger partial charge >= 0.3 is 0 Å². The van der Waals surface area contributed by atoms with Gasteiger partial charge < -0.3 is 14.8 Å². The highest BCUT2D eigenvalue weighted by Crippen LogP contribution is 2.32. The smallest absolute Gasteiger partial charge is 0.264 e. The molecule has 0 aliphatic heterocycles. The number of nitrogens with zero attached hydrogens (tertiary/aromatic N) is 1. The summed E-state index contributed by atoms with van der Waals surface area (Å²) in [6, 6.07) is 15.3. The van der Waals surface area contributed by atoms with Crippen LogP contribution in [0.15, 0.2) is 65.6 Å². The van der Waals surface area contributed by atoms with Crippen LogP contribution in [0.5, 0.6) is 11.5 Å². The second kappa shape index (κ2) is 9.68. The second-order valence-corrected chi connectivity index (χ2v) is 9.40. The first-order chi connectivity index (χ1) is 15.2. The summed E-state index contributed by atoms with van der Waals surface area (Å²) >= 11 is 11.9. The summed E-state index contributed by atoms with van der Waals surface area (Å²) in [5.41, 5.74) is 1.21. The number of hydrogen-bond acceptors (Lipinski definition) is 5. The van der Waals surface area contributed by atoms with E-state index in [1.54, 1.807) is 30.3 Å². The molecular formula is C22H20Cl2N2O5S. The van der Waals surface area contributed by atoms with Crippen LogP contribution in [0, 0.1) is 0 Å². The lowest BCUT2D eigenvalue weighted by Crippen LogP contribution is -2.26. The van der Waals surface area contributed by atoms with Gasteiger partial charge in [0.05, 0.1) is 34.8 Å². The highest BCUT2D eigenvalue weighted by Gasteiger charge is 2.23. The number of carbonyl (C=O) groups is 1. The third kappa shape index (κ3) is 4.93. The predicted octanol–water partition coefficient (Wildman–Crippen LogP) is 5.09. The summed E-state index contributed by atoms with van der Waals surface area (Å²) in [6.45, 7) is 0. The number of carbonyl (C=O) groups excluding carboxylic acids is 1. The van der Waals surface area contributed by atoms with Crippen LogP contribution in [0.1, 0.15) is 10.4 Å². The molecule has 3 aromatic rings. The molecule has 7 nitrogen and oxygen atoms in total. The zero-order chi connectivity index (χ0) is 23.5. The maximum absolute atomic E-state index is 13.0. The van der Waals surface area contributed by atoms with Crippen molar-refractivity contribution in [3.8, 4) is 11.5 Å². The Morgan fingerprint density at radius 1 is 0.875 bits per heavy atom. The van der Waals surface area contributed by atoms with E-state index in [-0.39, 0.29) is 10.8 Å².